The van der Waals surface area contributed by atoms with E-state index in [1.165, 1.54) is 13.2 Å². The summed E-state index contributed by atoms with van der Waals surface area (Å²) >= 11 is 0. The van der Waals surface area contributed by atoms with Gasteiger partial charge >= 0.3 is 5.97 Å². The van der Waals surface area contributed by atoms with Crippen LogP contribution in [0.5, 0.6) is 5.75 Å². The van der Waals surface area contributed by atoms with Gasteiger partial charge in [-0.1, -0.05) is 18.2 Å². The van der Waals surface area contributed by atoms with E-state index in [0.29, 0.717) is 28.0 Å². The van der Waals surface area contributed by atoms with E-state index >= 15 is 0 Å². The molecule has 0 amide bonds. The van der Waals surface area contributed by atoms with Gasteiger partial charge in [0.05, 0.1) is 12.7 Å². The van der Waals surface area contributed by atoms with E-state index in [1.807, 2.05) is 19.9 Å². The van der Waals surface area contributed by atoms with Gasteiger partial charge in [0.1, 0.15) is 17.2 Å². The van der Waals surface area contributed by atoms with Gasteiger partial charge in [-0.05, 0) is 49.8 Å². The lowest BCUT2D eigenvalue weighted by molar-refractivity contribution is 0.0600. The van der Waals surface area contributed by atoms with Crippen molar-refractivity contribution in [2.75, 3.05) is 7.11 Å². The lowest BCUT2D eigenvalue weighted by Crippen LogP contribution is -2.29. The first-order chi connectivity index (χ1) is 10.9. The molecule has 0 saturated heterocycles. The molecule has 0 atom stereocenters. The van der Waals surface area contributed by atoms with Crippen molar-refractivity contribution in [3.05, 3.63) is 71.0 Å². The van der Waals surface area contributed by atoms with E-state index in [4.69, 9.17) is 9.47 Å². The molecular formula is C19H17FO3. The van der Waals surface area contributed by atoms with Gasteiger partial charge in [0.2, 0.25) is 0 Å². The number of rotatable bonds is 2. The summed E-state index contributed by atoms with van der Waals surface area (Å²) in [5.74, 6) is -0.139. The first-order valence-corrected chi connectivity index (χ1v) is 7.31. The first-order valence-electron chi connectivity index (χ1n) is 7.31. The fourth-order valence-electron chi connectivity index (χ4n) is 2.71. The van der Waals surface area contributed by atoms with Crippen molar-refractivity contribution in [3.8, 4) is 5.75 Å². The zero-order valence-electron chi connectivity index (χ0n) is 13.2. The number of fused-ring (bicyclic) bond motifs is 1. The van der Waals surface area contributed by atoms with Crippen LogP contribution in [-0.4, -0.2) is 18.7 Å². The highest BCUT2D eigenvalue weighted by Crippen LogP contribution is 2.40. The summed E-state index contributed by atoms with van der Waals surface area (Å²) in [7, 11) is 1.33. The Balaban J connectivity index is 2.21. The molecule has 0 unspecified atom stereocenters. The predicted octanol–water partition coefficient (Wildman–Crippen LogP) is 4.22. The molecule has 4 heteroatoms. The molecule has 1 heterocycles. The Morgan fingerprint density at radius 2 is 1.87 bits per heavy atom. The molecule has 0 aromatic heterocycles. The van der Waals surface area contributed by atoms with Crippen LogP contribution >= 0.6 is 0 Å². The fraction of sp³-hybridized carbons (Fsp3) is 0.211. The van der Waals surface area contributed by atoms with Gasteiger partial charge < -0.3 is 9.47 Å². The molecular weight excluding hydrogens is 295 g/mol. The quantitative estimate of drug-likeness (QED) is 0.779. The number of hydrogen-bond acceptors (Lipinski definition) is 3. The lowest BCUT2D eigenvalue weighted by atomic mass is 9.89. The van der Waals surface area contributed by atoms with E-state index in [0.717, 1.165) is 0 Å². The number of methoxy groups -OCH3 is 1. The molecule has 23 heavy (non-hydrogen) atoms. The summed E-state index contributed by atoms with van der Waals surface area (Å²) in [6.07, 6.45) is 1.87. The normalized spacial score (nSPS) is 15.2. The fourth-order valence-corrected chi connectivity index (χ4v) is 2.71. The molecule has 3 rings (SSSR count). The molecule has 2 aromatic rings. The Hall–Kier alpha value is -2.62. The van der Waals surface area contributed by atoms with Crippen LogP contribution in [0.1, 0.15) is 35.3 Å². The van der Waals surface area contributed by atoms with Gasteiger partial charge in [0.25, 0.3) is 0 Å². The summed E-state index contributed by atoms with van der Waals surface area (Å²) in [5.41, 5.74) is 1.69. The third-order valence-corrected chi connectivity index (χ3v) is 3.72. The number of carbonyl (C=O) groups is 1. The summed E-state index contributed by atoms with van der Waals surface area (Å²) < 4.78 is 25.0. The third kappa shape index (κ3) is 2.84. The van der Waals surface area contributed by atoms with E-state index in [-0.39, 0.29) is 5.82 Å². The minimum Gasteiger partial charge on any atom is -0.483 e. The Morgan fingerprint density at radius 1 is 1.13 bits per heavy atom. The van der Waals surface area contributed by atoms with Crippen LogP contribution in [0.4, 0.5) is 4.39 Å². The molecule has 0 saturated carbocycles. The van der Waals surface area contributed by atoms with Crippen LogP contribution in [0.15, 0.2) is 48.5 Å². The number of carbonyl (C=O) groups excluding carboxylic acids is 1. The van der Waals surface area contributed by atoms with Crippen LogP contribution in [0.25, 0.3) is 5.57 Å². The standard InChI is InChI=1S/C19H17FO3/c1-19(2)11-15(13-6-4-5-7-16(13)20)14-10-12(18(21)22-3)8-9-17(14)23-19/h4-11H,1-3H3. The second-order valence-corrected chi connectivity index (χ2v) is 5.95. The average Bonchev–Trinajstić information content (AvgIpc) is 2.52. The predicted molar refractivity (Wildman–Crippen MR) is 86.0 cm³/mol. The van der Waals surface area contributed by atoms with Gasteiger partial charge in [0.15, 0.2) is 0 Å². The number of hydrogen-bond donors (Lipinski definition) is 0. The maximum absolute atomic E-state index is 14.3. The van der Waals surface area contributed by atoms with Gasteiger partial charge in [0, 0.05) is 11.1 Å². The number of halogens is 1. The molecule has 0 spiro atoms. The van der Waals surface area contributed by atoms with Gasteiger partial charge in [-0.3, -0.25) is 0 Å². The van der Waals surface area contributed by atoms with Crippen LogP contribution < -0.4 is 4.74 Å². The molecule has 0 N–H and O–H groups in total. The molecule has 118 valence electrons. The van der Waals surface area contributed by atoms with Crippen molar-refractivity contribution >= 4 is 11.5 Å². The van der Waals surface area contributed by atoms with E-state index in [1.54, 1.807) is 36.4 Å². The van der Waals surface area contributed by atoms with E-state index in [2.05, 4.69) is 0 Å². The SMILES string of the molecule is COC(=O)c1ccc2c(c1)C(c1ccccc1F)=CC(C)(C)O2. The summed E-state index contributed by atoms with van der Waals surface area (Å²) in [6, 6.07) is 11.6. The Kier molecular flexibility index (Phi) is 3.68. The molecule has 0 aliphatic carbocycles. The largest absolute Gasteiger partial charge is 0.483 e. The maximum atomic E-state index is 14.3. The molecule has 1 aliphatic rings. The Bertz CT molecular complexity index is 806. The van der Waals surface area contributed by atoms with Crippen LogP contribution in [0.2, 0.25) is 0 Å². The van der Waals surface area contributed by atoms with Crippen LogP contribution in [-0.2, 0) is 4.74 Å². The zero-order valence-corrected chi connectivity index (χ0v) is 13.2. The van der Waals surface area contributed by atoms with Crippen molar-refractivity contribution < 1.29 is 18.7 Å². The first kappa shape index (κ1) is 15.3. The summed E-state index contributed by atoms with van der Waals surface area (Å²) in [4.78, 5) is 11.8. The van der Waals surface area contributed by atoms with Gasteiger partial charge in [-0.2, -0.15) is 0 Å². The molecule has 0 radical (unpaired) electrons. The maximum Gasteiger partial charge on any atom is 0.337 e. The van der Waals surface area contributed by atoms with Crippen LogP contribution in [0, 0.1) is 5.82 Å². The van der Waals surface area contributed by atoms with Crippen LogP contribution in [0.3, 0.4) is 0 Å². The molecule has 0 fully saturated rings. The molecule has 0 bridgehead atoms. The molecule has 2 aromatic carbocycles. The third-order valence-electron chi connectivity index (χ3n) is 3.72. The van der Waals surface area contributed by atoms with Gasteiger partial charge in [-0.25, -0.2) is 9.18 Å². The van der Waals surface area contributed by atoms with Crippen molar-refractivity contribution in [1.82, 2.24) is 0 Å². The molecule has 1 aliphatic heterocycles. The van der Waals surface area contributed by atoms with Crippen molar-refractivity contribution in [2.24, 2.45) is 0 Å². The number of benzene rings is 2. The molecule has 3 nitrogen and oxygen atoms in total. The lowest BCUT2D eigenvalue weighted by Gasteiger charge is -2.31. The minimum atomic E-state index is -0.572. The number of esters is 1. The Labute approximate surface area is 134 Å². The van der Waals surface area contributed by atoms with E-state index in [9.17, 15) is 9.18 Å². The van der Waals surface area contributed by atoms with Gasteiger partial charge in [-0.15, -0.1) is 0 Å². The minimum absolute atomic E-state index is 0.314. The highest BCUT2D eigenvalue weighted by atomic mass is 19.1. The second-order valence-electron chi connectivity index (χ2n) is 5.95. The average molecular weight is 312 g/mol. The van der Waals surface area contributed by atoms with Crippen molar-refractivity contribution in [2.45, 2.75) is 19.4 Å². The number of ether oxygens (including phenoxy) is 2. The monoisotopic (exact) mass is 312 g/mol. The summed E-state index contributed by atoms with van der Waals surface area (Å²) in [5, 5.41) is 0. The van der Waals surface area contributed by atoms with E-state index < -0.39 is 11.6 Å². The second kappa shape index (κ2) is 5.54. The smallest absolute Gasteiger partial charge is 0.337 e. The topological polar surface area (TPSA) is 35.5 Å². The highest BCUT2D eigenvalue weighted by molar-refractivity contribution is 5.93. The summed E-state index contributed by atoms with van der Waals surface area (Å²) in [6.45, 7) is 3.82. The van der Waals surface area contributed by atoms with Crippen molar-refractivity contribution in [1.29, 1.82) is 0 Å². The highest BCUT2D eigenvalue weighted by Gasteiger charge is 2.29. The zero-order chi connectivity index (χ0) is 16.6. The Morgan fingerprint density at radius 3 is 2.57 bits per heavy atom. The van der Waals surface area contributed by atoms with Crippen molar-refractivity contribution in [3.63, 3.8) is 0 Å².